The van der Waals surface area contributed by atoms with Crippen LogP contribution in [0.25, 0.3) is 0 Å². The van der Waals surface area contributed by atoms with Crippen molar-refractivity contribution in [1.29, 1.82) is 0 Å². The molecule has 154 valence electrons. The molecule has 0 aliphatic carbocycles. The van der Waals surface area contributed by atoms with Crippen LogP contribution in [0.2, 0.25) is 5.02 Å². The number of amides is 3. The Morgan fingerprint density at radius 1 is 0.900 bits per heavy atom. The molecule has 0 saturated carbocycles. The third-order valence-electron chi connectivity index (χ3n) is 4.14. The van der Waals surface area contributed by atoms with E-state index in [0.717, 1.165) is 5.56 Å². The van der Waals surface area contributed by atoms with E-state index in [1.54, 1.807) is 54.6 Å². The lowest BCUT2D eigenvalue weighted by Crippen LogP contribution is -2.19. The van der Waals surface area contributed by atoms with Gasteiger partial charge in [0.05, 0.1) is 7.11 Å². The Bertz CT molecular complexity index is 1040. The molecule has 3 aromatic rings. The molecule has 0 aliphatic rings. The van der Waals surface area contributed by atoms with E-state index in [1.165, 1.54) is 7.11 Å². The predicted octanol–water partition coefficient (Wildman–Crippen LogP) is 4.67. The molecule has 0 aliphatic heterocycles. The molecule has 30 heavy (non-hydrogen) atoms. The molecular formula is C22H20ClN3O4. The van der Waals surface area contributed by atoms with Crippen LogP contribution in [0.4, 0.5) is 16.2 Å². The third kappa shape index (κ3) is 5.65. The Kier molecular flexibility index (Phi) is 6.77. The normalized spacial score (nSPS) is 10.2. The Balaban J connectivity index is 1.66. The van der Waals surface area contributed by atoms with E-state index in [4.69, 9.17) is 26.8 Å². The quantitative estimate of drug-likeness (QED) is 0.511. The number of methoxy groups -OCH3 is 1. The molecule has 8 heteroatoms. The minimum Gasteiger partial charge on any atom is -0.493 e. The van der Waals surface area contributed by atoms with Crippen molar-refractivity contribution in [1.82, 2.24) is 0 Å². The zero-order chi connectivity index (χ0) is 21.5. The maximum absolute atomic E-state index is 12.6. The fraction of sp³-hybridized carbons (Fsp3) is 0.0909. The summed E-state index contributed by atoms with van der Waals surface area (Å²) in [4.78, 5) is 23.4. The summed E-state index contributed by atoms with van der Waals surface area (Å²) in [5.74, 6) is 0.650. The van der Waals surface area contributed by atoms with Gasteiger partial charge < -0.3 is 25.8 Å². The molecule has 0 fully saturated rings. The van der Waals surface area contributed by atoms with Crippen LogP contribution in [-0.4, -0.2) is 19.0 Å². The number of halogens is 1. The van der Waals surface area contributed by atoms with Crippen molar-refractivity contribution in [3.8, 4) is 11.5 Å². The van der Waals surface area contributed by atoms with E-state index < -0.39 is 6.03 Å². The SMILES string of the molecule is COc1cc(C(=O)Nc2ccc(NC(N)=O)cc2)ccc1OCc1ccc(Cl)cc1. The van der Waals surface area contributed by atoms with Crippen LogP contribution in [0, 0.1) is 0 Å². The van der Waals surface area contributed by atoms with Gasteiger partial charge in [0.1, 0.15) is 6.61 Å². The molecular weight excluding hydrogens is 406 g/mol. The van der Waals surface area contributed by atoms with E-state index >= 15 is 0 Å². The summed E-state index contributed by atoms with van der Waals surface area (Å²) < 4.78 is 11.2. The molecule has 7 nitrogen and oxygen atoms in total. The summed E-state index contributed by atoms with van der Waals surface area (Å²) in [6, 6.07) is 18.2. The number of primary amides is 1. The predicted molar refractivity (Wildman–Crippen MR) is 116 cm³/mol. The smallest absolute Gasteiger partial charge is 0.316 e. The molecule has 4 N–H and O–H groups in total. The second-order valence-electron chi connectivity index (χ2n) is 6.30. The van der Waals surface area contributed by atoms with Gasteiger partial charge in [-0.05, 0) is 60.2 Å². The lowest BCUT2D eigenvalue weighted by molar-refractivity contribution is 0.102. The van der Waals surface area contributed by atoms with Crippen LogP contribution in [-0.2, 0) is 6.61 Å². The first kappa shape index (κ1) is 21.0. The summed E-state index contributed by atoms with van der Waals surface area (Å²) >= 11 is 5.89. The second kappa shape index (κ2) is 9.67. The van der Waals surface area contributed by atoms with Gasteiger partial charge in [0.2, 0.25) is 0 Å². The third-order valence-corrected chi connectivity index (χ3v) is 4.40. The standard InChI is InChI=1S/C22H20ClN3O4/c1-29-20-12-15(4-11-19(20)30-13-14-2-5-16(23)6-3-14)21(27)25-17-7-9-18(10-8-17)26-22(24)28/h2-12H,13H2,1H3,(H,25,27)(H3,24,26,28). The largest absolute Gasteiger partial charge is 0.493 e. The topological polar surface area (TPSA) is 103 Å². The highest BCUT2D eigenvalue weighted by atomic mass is 35.5. The number of benzene rings is 3. The van der Waals surface area contributed by atoms with Crippen LogP contribution in [0.5, 0.6) is 11.5 Å². The van der Waals surface area contributed by atoms with Gasteiger partial charge in [-0.15, -0.1) is 0 Å². The van der Waals surface area contributed by atoms with Crippen LogP contribution in [0.1, 0.15) is 15.9 Å². The van der Waals surface area contributed by atoms with Gasteiger partial charge in [0.25, 0.3) is 5.91 Å². The van der Waals surface area contributed by atoms with Gasteiger partial charge >= 0.3 is 6.03 Å². The van der Waals surface area contributed by atoms with Crippen molar-refractivity contribution in [3.05, 3.63) is 82.9 Å². The first-order valence-electron chi connectivity index (χ1n) is 8.98. The van der Waals surface area contributed by atoms with E-state index in [9.17, 15) is 9.59 Å². The molecule has 3 rings (SSSR count). The molecule has 0 heterocycles. The fourth-order valence-corrected chi connectivity index (χ4v) is 2.78. The molecule has 0 aromatic heterocycles. The van der Waals surface area contributed by atoms with Gasteiger partial charge in [-0.25, -0.2) is 4.79 Å². The number of anilines is 2. The minimum atomic E-state index is -0.655. The molecule has 0 spiro atoms. The van der Waals surface area contributed by atoms with Gasteiger partial charge in [-0.2, -0.15) is 0 Å². The Morgan fingerprint density at radius 3 is 2.13 bits per heavy atom. The van der Waals surface area contributed by atoms with Crippen LogP contribution >= 0.6 is 11.6 Å². The summed E-state index contributed by atoms with van der Waals surface area (Å²) in [6.07, 6.45) is 0. The summed E-state index contributed by atoms with van der Waals surface area (Å²) in [7, 11) is 1.51. The molecule has 3 aromatic carbocycles. The lowest BCUT2D eigenvalue weighted by Gasteiger charge is -2.13. The number of nitrogens with two attached hydrogens (primary N) is 1. The molecule has 0 atom stereocenters. The van der Waals surface area contributed by atoms with Crippen LogP contribution < -0.4 is 25.8 Å². The molecule has 3 amide bonds. The number of hydrogen-bond donors (Lipinski definition) is 3. The highest BCUT2D eigenvalue weighted by molar-refractivity contribution is 6.30. The molecule has 0 unspecified atom stereocenters. The number of urea groups is 1. The Morgan fingerprint density at radius 2 is 1.53 bits per heavy atom. The van der Waals surface area contributed by atoms with E-state index in [-0.39, 0.29) is 5.91 Å². The first-order chi connectivity index (χ1) is 14.4. The fourth-order valence-electron chi connectivity index (χ4n) is 2.65. The second-order valence-corrected chi connectivity index (χ2v) is 6.74. The van der Waals surface area contributed by atoms with Gasteiger partial charge in [-0.3, -0.25) is 4.79 Å². The first-order valence-corrected chi connectivity index (χ1v) is 9.35. The Labute approximate surface area is 178 Å². The minimum absolute atomic E-state index is 0.312. The average Bonchev–Trinajstić information content (AvgIpc) is 2.74. The van der Waals surface area contributed by atoms with Crippen molar-refractivity contribution in [2.24, 2.45) is 5.73 Å². The highest BCUT2D eigenvalue weighted by Crippen LogP contribution is 2.29. The molecule has 0 bridgehead atoms. The monoisotopic (exact) mass is 425 g/mol. The van der Waals surface area contributed by atoms with E-state index in [2.05, 4.69) is 10.6 Å². The highest BCUT2D eigenvalue weighted by Gasteiger charge is 2.12. The zero-order valence-corrected chi connectivity index (χ0v) is 16.9. The summed E-state index contributed by atoms with van der Waals surface area (Å²) in [5.41, 5.74) is 7.53. The Hall–Kier alpha value is -3.71. The number of nitrogens with one attached hydrogen (secondary N) is 2. The van der Waals surface area contributed by atoms with Gasteiger partial charge in [0.15, 0.2) is 11.5 Å². The number of hydrogen-bond acceptors (Lipinski definition) is 4. The van der Waals surface area contributed by atoms with Crippen molar-refractivity contribution >= 4 is 34.9 Å². The van der Waals surface area contributed by atoms with Gasteiger partial charge in [-0.1, -0.05) is 23.7 Å². The van der Waals surface area contributed by atoms with E-state index in [0.29, 0.717) is 40.1 Å². The van der Waals surface area contributed by atoms with Crippen molar-refractivity contribution < 1.29 is 19.1 Å². The van der Waals surface area contributed by atoms with Crippen molar-refractivity contribution in [3.63, 3.8) is 0 Å². The van der Waals surface area contributed by atoms with Crippen LogP contribution in [0.15, 0.2) is 66.7 Å². The zero-order valence-electron chi connectivity index (χ0n) is 16.1. The van der Waals surface area contributed by atoms with Crippen LogP contribution in [0.3, 0.4) is 0 Å². The molecule has 0 saturated heterocycles. The summed E-state index contributed by atoms with van der Waals surface area (Å²) in [5, 5.41) is 5.89. The maximum Gasteiger partial charge on any atom is 0.316 e. The summed E-state index contributed by atoms with van der Waals surface area (Å²) in [6.45, 7) is 0.338. The number of carbonyl (C=O) groups is 2. The number of carbonyl (C=O) groups excluding carboxylic acids is 2. The number of ether oxygens (including phenoxy) is 2. The van der Waals surface area contributed by atoms with E-state index in [1.807, 2.05) is 12.1 Å². The van der Waals surface area contributed by atoms with Gasteiger partial charge in [0, 0.05) is 22.0 Å². The maximum atomic E-state index is 12.6. The lowest BCUT2D eigenvalue weighted by atomic mass is 10.1. The average molecular weight is 426 g/mol. The number of rotatable bonds is 7. The van der Waals surface area contributed by atoms with Crippen molar-refractivity contribution in [2.75, 3.05) is 17.7 Å². The van der Waals surface area contributed by atoms with Crippen molar-refractivity contribution in [2.45, 2.75) is 6.61 Å². The molecule has 0 radical (unpaired) electrons.